The van der Waals surface area contributed by atoms with Crippen LogP contribution < -0.4 is 25.0 Å². The van der Waals surface area contributed by atoms with Crippen LogP contribution in [-0.2, 0) is 0 Å². The normalized spacial score (nSPS) is 12.0. The van der Waals surface area contributed by atoms with Gasteiger partial charge in [-0.1, -0.05) is 24.3 Å². The van der Waals surface area contributed by atoms with Crippen molar-refractivity contribution in [2.75, 3.05) is 19.2 Å². The van der Waals surface area contributed by atoms with Gasteiger partial charge in [0.2, 0.25) is 18.1 Å². The Bertz CT molecular complexity index is 1370. The van der Waals surface area contributed by atoms with Crippen molar-refractivity contribution in [2.24, 2.45) is 0 Å². The van der Waals surface area contributed by atoms with Gasteiger partial charge in [-0.25, -0.2) is 0 Å². The zero-order valence-electron chi connectivity index (χ0n) is 16.5. The van der Waals surface area contributed by atoms with E-state index < -0.39 is 5.91 Å². The number of carbonyl (C=O) groups excluding carboxylic acids is 1. The van der Waals surface area contributed by atoms with Gasteiger partial charge in [0.1, 0.15) is 11.3 Å². The number of rotatable bonds is 4. The van der Waals surface area contributed by atoms with Crippen LogP contribution in [0.5, 0.6) is 17.2 Å². The van der Waals surface area contributed by atoms with Crippen LogP contribution in [0, 0.1) is 0 Å². The van der Waals surface area contributed by atoms with Crippen LogP contribution in [0.3, 0.4) is 0 Å². The molecule has 0 radical (unpaired) electrons. The van der Waals surface area contributed by atoms with Crippen molar-refractivity contribution in [2.45, 2.75) is 0 Å². The number of anilines is 1. The molecule has 0 unspecified atom stereocenters. The Balaban J connectivity index is 1.65. The second-order valence-corrected chi connectivity index (χ2v) is 6.89. The summed E-state index contributed by atoms with van der Waals surface area (Å²) in [6.07, 6.45) is 0. The molecule has 0 atom stereocenters. The molecule has 3 aromatic carbocycles. The lowest BCUT2D eigenvalue weighted by Gasteiger charge is -2.12. The van der Waals surface area contributed by atoms with Crippen molar-refractivity contribution < 1.29 is 23.4 Å². The summed E-state index contributed by atoms with van der Waals surface area (Å²) in [5.41, 5.74) is 1.25. The summed E-state index contributed by atoms with van der Waals surface area (Å²) in [5, 5.41) is 3.16. The smallest absolute Gasteiger partial charge is 0.258 e. The fourth-order valence-corrected chi connectivity index (χ4v) is 3.48. The van der Waals surface area contributed by atoms with E-state index in [1.54, 1.807) is 66.7 Å². The molecule has 1 amide bonds. The summed E-state index contributed by atoms with van der Waals surface area (Å²) >= 11 is 0. The molecule has 2 heterocycles. The molecule has 4 aromatic rings. The van der Waals surface area contributed by atoms with Gasteiger partial charge in [-0.3, -0.25) is 14.9 Å². The maximum absolute atomic E-state index is 13.4. The minimum atomic E-state index is -0.431. The molecule has 0 bridgehead atoms. The van der Waals surface area contributed by atoms with Crippen LogP contribution >= 0.6 is 0 Å². The van der Waals surface area contributed by atoms with Gasteiger partial charge in [-0.05, 0) is 48.0 Å². The van der Waals surface area contributed by atoms with Crippen molar-refractivity contribution in [1.82, 2.24) is 0 Å². The first kappa shape index (κ1) is 18.7. The largest absolute Gasteiger partial charge is 0.497 e. The molecule has 1 aromatic heterocycles. The van der Waals surface area contributed by atoms with Gasteiger partial charge < -0.3 is 18.6 Å². The number of methoxy groups -OCH3 is 1. The number of nitrogens with one attached hydrogen (secondary N) is 1. The van der Waals surface area contributed by atoms with Crippen molar-refractivity contribution in [1.29, 1.82) is 0 Å². The fourth-order valence-electron chi connectivity index (χ4n) is 3.48. The second-order valence-electron chi connectivity index (χ2n) is 6.89. The number of amides is 1. The number of benzene rings is 3. The summed E-state index contributed by atoms with van der Waals surface area (Å²) in [5.74, 6) is 1.28. The molecule has 1 N–H and O–H groups in total. The van der Waals surface area contributed by atoms with E-state index in [2.05, 4.69) is 5.32 Å². The first-order valence-electron chi connectivity index (χ1n) is 9.55. The Kier molecular flexibility index (Phi) is 4.55. The summed E-state index contributed by atoms with van der Waals surface area (Å²) < 4.78 is 22.0. The molecule has 0 spiro atoms. The third-order valence-corrected chi connectivity index (χ3v) is 5.02. The van der Waals surface area contributed by atoms with Gasteiger partial charge >= 0.3 is 0 Å². The zero-order chi connectivity index (χ0) is 21.4. The summed E-state index contributed by atoms with van der Waals surface area (Å²) in [4.78, 5) is 26.3. The summed E-state index contributed by atoms with van der Waals surface area (Å²) in [7, 11) is 1.52. The van der Waals surface area contributed by atoms with Crippen LogP contribution in [0.4, 0.5) is 5.88 Å². The van der Waals surface area contributed by atoms with E-state index >= 15 is 0 Å². The van der Waals surface area contributed by atoms with Crippen LogP contribution in [0.25, 0.3) is 22.1 Å². The molecule has 0 aliphatic carbocycles. The maximum atomic E-state index is 13.4. The molecular weight excluding hydrogens is 398 g/mol. The standard InChI is InChI=1S/C24H17NO6/c1-28-16-6-4-5-15(11-16)23(27)25-24-21(14-9-10-19-20(12-14)30-13-29-19)22(26)17-7-2-3-8-18(17)31-24/h2-12H,13H2,1H3,(H,25,27). The fraction of sp³-hybridized carbons (Fsp3) is 0.0833. The van der Waals surface area contributed by atoms with Crippen molar-refractivity contribution in [3.8, 4) is 28.4 Å². The molecule has 1 aliphatic heterocycles. The van der Waals surface area contributed by atoms with Gasteiger partial charge in [0.15, 0.2) is 11.5 Å². The minimum Gasteiger partial charge on any atom is -0.497 e. The number of hydrogen-bond donors (Lipinski definition) is 1. The minimum absolute atomic E-state index is 0.0513. The number of para-hydroxylation sites is 1. The Morgan fingerprint density at radius 3 is 2.68 bits per heavy atom. The van der Waals surface area contributed by atoms with E-state index in [1.807, 2.05) is 0 Å². The summed E-state index contributed by atoms with van der Waals surface area (Å²) in [6.45, 7) is 0.116. The number of fused-ring (bicyclic) bond motifs is 2. The molecule has 5 rings (SSSR count). The second kappa shape index (κ2) is 7.53. The SMILES string of the molecule is COc1cccc(C(=O)Nc2oc3ccccc3c(=O)c2-c2ccc3c(c2)OCO3)c1. The first-order valence-corrected chi connectivity index (χ1v) is 9.55. The topological polar surface area (TPSA) is 87.0 Å². The van der Waals surface area contributed by atoms with Crippen molar-refractivity contribution >= 4 is 22.8 Å². The monoisotopic (exact) mass is 415 g/mol. The lowest BCUT2D eigenvalue weighted by atomic mass is 10.0. The number of carbonyl (C=O) groups is 1. The third kappa shape index (κ3) is 3.36. The Hall–Kier alpha value is -4.26. The highest BCUT2D eigenvalue weighted by Crippen LogP contribution is 2.38. The Morgan fingerprint density at radius 1 is 0.968 bits per heavy atom. The van der Waals surface area contributed by atoms with Gasteiger partial charge in [-0.15, -0.1) is 0 Å². The molecule has 0 saturated heterocycles. The van der Waals surface area contributed by atoms with E-state index in [4.69, 9.17) is 18.6 Å². The Labute approximate surface area is 176 Å². The lowest BCUT2D eigenvalue weighted by Crippen LogP contribution is -2.16. The van der Waals surface area contributed by atoms with Crippen LogP contribution in [0.2, 0.25) is 0 Å². The van der Waals surface area contributed by atoms with Crippen LogP contribution in [0.1, 0.15) is 10.4 Å². The van der Waals surface area contributed by atoms with Crippen LogP contribution in [0.15, 0.2) is 75.9 Å². The van der Waals surface area contributed by atoms with Crippen molar-refractivity contribution in [3.05, 3.63) is 82.5 Å². The van der Waals surface area contributed by atoms with Gasteiger partial charge in [0, 0.05) is 5.56 Å². The number of ether oxygens (including phenoxy) is 3. The van der Waals surface area contributed by atoms with E-state index in [0.29, 0.717) is 39.3 Å². The first-order chi connectivity index (χ1) is 15.1. The Morgan fingerprint density at radius 2 is 1.81 bits per heavy atom. The van der Waals surface area contributed by atoms with E-state index in [0.717, 1.165) is 0 Å². The molecule has 154 valence electrons. The van der Waals surface area contributed by atoms with E-state index in [1.165, 1.54) is 7.11 Å². The number of hydrogen-bond acceptors (Lipinski definition) is 6. The van der Waals surface area contributed by atoms with Gasteiger partial charge in [0.05, 0.1) is 18.1 Å². The third-order valence-electron chi connectivity index (χ3n) is 5.02. The highest BCUT2D eigenvalue weighted by atomic mass is 16.7. The average Bonchev–Trinajstić information content (AvgIpc) is 3.27. The van der Waals surface area contributed by atoms with Crippen LogP contribution in [-0.4, -0.2) is 19.8 Å². The molecule has 0 saturated carbocycles. The summed E-state index contributed by atoms with van der Waals surface area (Å²) in [6, 6.07) is 18.8. The highest BCUT2D eigenvalue weighted by Gasteiger charge is 2.22. The predicted molar refractivity (Wildman–Crippen MR) is 115 cm³/mol. The maximum Gasteiger partial charge on any atom is 0.258 e. The van der Waals surface area contributed by atoms with E-state index in [-0.39, 0.29) is 23.7 Å². The van der Waals surface area contributed by atoms with Gasteiger partial charge in [-0.2, -0.15) is 0 Å². The quantitative estimate of drug-likeness (QED) is 0.530. The van der Waals surface area contributed by atoms with E-state index in [9.17, 15) is 9.59 Å². The van der Waals surface area contributed by atoms with Gasteiger partial charge in [0.25, 0.3) is 5.91 Å². The van der Waals surface area contributed by atoms with Crippen molar-refractivity contribution in [3.63, 3.8) is 0 Å². The zero-order valence-corrected chi connectivity index (χ0v) is 16.5. The molecule has 1 aliphatic rings. The molecule has 31 heavy (non-hydrogen) atoms. The molecule has 7 heteroatoms. The molecule has 7 nitrogen and oxygen atoms in total. The molecular formula is C24H17NO6. The highest BCUT2D eigenvalue weighted by molar-refractivity contribution is 6.06. The molecule has 0 fully saturated rings. The lowest BCUT2D eigenvalue weighted by molar-refractivity contribution is 0.102. The predicted octanol–water partition coefficient (Wildman–Crippen LogP) is 4.45. The average molecular weight is 415 g/mol.